The summed E-state index contributed by atoms with van der Waals surface area (Å²) in [4.78, 5) is 24.7. The SMILES string of the molecule is CCOC(=O)CC(=O)C1CCN(C)C1. The van der Waals surface area contributed by atoms with E-state index in [0.717, 1.165) is 19.5 Å². The number of esters is 1. The van der Waals surface area contributed by atoms with Crippen LogP contribution in [0.3, 0.4) is 0 Å². The van der Waals surface area contributed by atoms with Crippen molar-refractivity contribution in [2.75, 3.05) is 26.7 Å². The van der Waals surface area contributed by atoms with E-state index in [2.05, 4.69) is 4.90 Å². The minimum atomic E-state index is -0.396. The Morgan fingerprint density at radius 2 is 2.21 bits per heavy atom. The Bertz CT molecular complexity index is 227. The van der Waals surface area contributed by atoms with E-state index in [4.69, 9.17) is 4.74 Å². The lowest BCUT2D eigenvalue weighted by molar-refractivity contribution is -0.146. The van der Waals surface area contributed by atoms with Crippen molar-refractivity contribution in [1.82, 2.24) is 4.90 Å². The number of ketones is 1. The maximum absolute atomic E-state index is 11.5. The standard InChI is InChI=1S/C10H17NO3/c1-3-14-10(13)6-9(12)8-4-5-11(2)7-8/h8H,3-7H2,1-2H3. The zero-order chi connectivity index (χ0) is 10.6. The summed E-state index contributed by atoms with van der Waals surface area (Å²) in [6.07, 6.45) is 0.807. The molecule has 0 saturated carbocycles. The van der Waals surface area contributed by atoms with Gasteiger partial charge in [0, 0.05) is 12.5 Å². The fourth-order valence-corrected chi connectivity index (χ4v) is 1.70. The lowest BCUT2D eigenvalue weighted by atomic mass is 10.0. The van der Waals surface area contributed by atoms with Crippen molar-refractivity contribution < 1.29 is 14.3 Å². The number of likely N-dealkylation sites (tertiary alicyclic amines) is 1. The highest BCUT2D eigenvalue weighted by molar-refractivity contribution is 5.97. The molecule has 0 bridgehead atoms. The molecule has 1 saturated heterocycles. The summed E-state index contributed by atoms with van der Waals surface area (Å²) in [6, 6.07) is 0. The molecule has 1 unspecified atom stereocenters. The number of carbonyl (C=O) groups excluding carboxylic acids is 2. The highest BCUT2D eigenvalue weighted by atomic mass is 16.5. The first-order valence-corrected chi connectivity index (χ1v) is 5.00. The Kier molecular flexibility index (Phi) is 4.07. The molecule has 1 aliphatic rings. The van der Waals surface area contributed by atoms with Crippen LogP contribution in [0.1, 0.15) is 19.8 Å². The highest BCUT2D eigenvalue weighted by Gasteiger charge is 2.27. The van der Waals surface area contributed by atoms with Crippen LogP contribution in [0.25, 0.3) is 0 Å². The van der Waals surface area contributed by atoms with Crippen LogP contribution < -0.4 is 0 Å². The van der Waals surface area contributed by atoms with Gasteiger partial charge in [0.15, 0.2) is 0 Å². The fourth-order valence-electron chi connectivity index (χ4n) is 1.70. The number of nitrogens with zero attached hydrogens (tertiary/aromatic N) is 1. The van der Waals surface area contributed by atoms with E-state index in [1.807, 2.05) is 7.05 Å². The van der Waals surface area contributed by atoms with Gasteiger partial charge in [0.25, 0.3) is 0 Å². The van der Waals surface area contributed by atoms with Gasteiger partial charge in [0.05, 0.1) is 6.61 Å². The van der Waals surface area contributed by atoms with Crippen LogP contribution in [0, 0.1) is 5.92 Å². The molecule has 0 radical (unpaired) electrons. The molecule has 0 aliphatic carbocycles. The molecule has 1 rings (SSSR count). The van der Waals surface area contributed by atoms with Crippen molar-refractivity contribution in [2.24, 2.45) is 5.92 Å². The number of rotatable bonds is 4. The van der Waals surface area contributed by atoms with Gasteiger partial charge in [-0.1, -0.05) is 0 Å². The van der Waals surface area contributed by atoms with Crippen molar-refractivity contribution in [2.45, 2.75) is 19.8 Å². The predicted octanol–water partition coefficient (Wildman–Crippen LogP) is 0.460. The summed E-state index contributed by atoms with van der Waals surface area (Å²) in [5.74, 6) is -0.343. The molecular weight excluding hydrogens is 182 g/mol. The van der Waals surface area contributed by atoms with Crippen LogP contribution in [0.15, 0.2) is 0 Å². The van der Waals surface area contributed by atoms with E-state index >= 15 is 0 Å². The molecule has 0 N–H and O–H groups in total. The molecular formula is C10H17NO3. The second-order valence-electron chi connectivity index (χ2n) is 3.70. The van der Waals surface area contributed by atoms with Crippen molar-refractivity contribution in [3.05, 3.63) is 0 Å². The molecule has 4 heteroatoms. The van der Waals surface area contributed by atoms with E-state index in [1.54, 1.807) is 6.92 Å². The van der Waals surface area contributed by atoms with E-state index in [1.165, 1.54) is 0 Å². The van der Waals surface area contributed by atoms with Crippen molar-refractivity contribution in [1.29, 1.82) is 0 Å². The van der Waals surface area contributed by atoms with Gasteiger partial charge in [-0.05, 0) is 26.9 Å². The Morgan fingerprint density at radius 3 is 2.71 bits per heavy atom. The molecule has 0 spiro atoms. The third-order valence-electron chi connectivity index (χ3n) is 2.47. The number of carbonyl (C=O) groups is 2. The summed E-state index contributed by atoms with van der Waals surface area (Å²) in [5.41, 5.74) is 0. The first-order chi connectivity index (χ1) is 6.63. The lowest BCUT2D eigenvalue weighted by Gasteiger charge is -2.08. The highest BCUT2D eigenvalue weighted by Crippen LogP contribution is 2.16. The van der Waals surface area contributed by atoms with Gasteiger partial charge in [0.1, 0.15) is 12.2 Å². The third-order valence-corrected chi connectivity index (χ3v) is 2.47. The Morgan fingerprint density at radius 1 is 1.50 bits per heavy atom. The van der Waals surface area contributed by atoms with Gasteiger partial charge in [-0.15, -0.1) is 0 Å². The van der Waals surface area contributed by atoms with Crippen LogP contribution in [0.5, 0.6) is 0 Å². The summed E-state index contributed by atoms with van der Waals surface area (Å²) < 4.78 is 4.73. The first kappa shape index (κ1) is 11.2. The van der Waals surface area contributed by atoms with Gasteiger partial charge < -0.3 is 9.64 Å². The molecule has 1 aliphatic heterocycles. The monoisotopic (exact) mass is 199 g/mol. The van der Waals surface area contributed by atoms with E-state index in [0.29, 0.717) is 6.61 Å². The molecule has 0 aromatic carbocycles. The quantitative estimate of drug-likeness (QED) is 0.487. The zero-order valence-corrected chi connectivity index (χ0v) is 8.78. The van der Waals surface area contributed by atoms with Crippen LogP contribution in [-0.2, 0) is 14.3 Å². The van der Waals surface area contributed by atoms with Crippen LogP contribution in [0.2, 0.25) is 0 Å². The van der Waals surface area contributed by atoms with Gasteiger partial charge >= 0.3 is 5.97 Å². The van der Waals surface area contributed by atoms with E-state index in [-0.39, 0.29) is 18.1 Å². The van der Waals surface area contributed by atoms with Gasteiger partial charge in [-0.2, -0.15) is 0 Å². The maximum Gasteiger partial charge on any atom is 0.313 e. The van der Waals surface area contributed by atoms with Gasteiger partial charge in [0.2, 0.25) is 0 Å². The topological polar surface area (TPSA) is 46.6 Å². The van der Waals surface area contributed by atoms with Crippen molar-refractivity contribution in [3.8, 4) is 0 Å². The Balaban J connectivity index is 2.31. The fraction of sp³-hybridized carbons (Fsp3) is 0.800. The molecule has 1 fully saturated rings. The molecule has 0 aromatic heterocycles. The number of hydrogen-bond acceptors (Lipinski definition) is 4. The Labute approximate surface area is 84.2 Å². The molecule has 1 heterocycles. The predicted molar refractivity (Wildman–Crippen MR) is 51.9 cm³/mol. The summed E-state index contributed by atoms with van der Waals surface area (Å²) >= 11 is 0. The second-order valence-corrected chi connectivity index (χ2v) is 3.70. The average molecular weight is 199 g/mol. The Hall–Kier alpha value is -0.900. The van der Waals surface area contributed by atoms with Crippen molar-refractivity contribution >= 4 is 11.8 Å². The normalized spacial score (nSPS) is 22.3. The second kappa shape index (κ2) is 5.10. The molecule has 80 valence electrons. The number of ether oxygens (including phenoxy) is 1. The average Bonchev–Trinajstić information content (AvgIpc) is 2.52. The summed E-state index contributed by atoms with van der Waals surface area (Å²) in [6.45, 7) is 3.81. The molecule has 0 amide bonds. The largest absolute Gasteiger partial charge is 0.466 e. The molecule has 0 aromatic rings. The zero-order valence-electron chi connectivity index (χ0n) is 8.78. The van der Waals surface area contributed by atoms with Gasteiger partial charge in [-0.3, -0.25) is 9.59 Å². The van der Waals surface area contributed by atoms with Crippen LogP contribution in [0.4, 0.5) is 0 Å². The minimum absolute atomic E-state index is 0.0211. The third kappa shape index (κ3) is 3.10. The summed E-state index contributed by atoms with van der Waals surface area (Å²) in [5, 5.41) is 0. The molecule has 4 nitrogen and oxygen atoms in total. The number of Topliss-reactive ketones (excluding diaryl/α,β-unsaturated/α-hetero) is 1. The van der Waals surface area contributed by atoms with Crippen LogP contribution >= 0.6 is 0 Å². The molecule has 14 heavy (non-hydrogen) atoms. The maximum atomic E-state index is 11.5. The minimum Gasteiger partial charge on any atom is -0.466 e. The smallest absolute Gasteiger partial charge is 0.313 e. The molecule has 1 atom stereocenters. The number of hydrogen-bond donors (Lipinski definition) is 0. The van der Waals surface area contributed by atoms with Crippen molar-refractivity contribution in [3.63, 3.8) is 0 Å². The lowest BCUT2D eigenvalue weighted by Crippen LogP contribution is -2.22. The van der Waals surface area contributed by atoms with Crippen LogP contribution in [-0.4, -0.2) is 43.4 Å². The summed E-state index contributed by atoms with van der Waals surface area (Å²) in [7, 11) is 1.98. The van der Waals surface area contributed by atoms with E-state index in [9.17, 15) is 9.59 Å². The first-order valence-electron chi connectivity index (χ1n) is 5.00. The van der Waals surface area contributed by atoms with E-state index < -0.39 is 5.97 Å². The van der Waals surface area contributed by atoms with Gasteiger partial charge in [-0.25, -0.2) is 0 Å².